The lowest BCUT2D eigenvalue weighted by Crippen LogP contribution is -2.29. The van der Waals surface area contributed by atoms with Crippen molar-refractivity contribution < 1.29 is 14.3 Å². The second-order valence-electron chi connectivity index (χ2n) is 4.29. The smallest absolute Gasteiger partial charge is 0.334 e. The van der Waals surface area contributed by atoms with Gasteiger partial charge in [-0.25, -0.2) is 4.79 Å². The van der Waals surface area contributed by atoms with E-state index in [0.29, 0.717) is 13.2 Å². The first-order chi connectivity index (χ1) is 7.43. The van der Waals surface area contributed by atoms with Gasteiger partial charge in [-0.3, -0.25) is 0 Å². The zero-order valence-corrected chi connectivity index (χ0v) is 11.0. The van der Waals surface area contributed by atoms with Gasteiger partial charge in [-0.15, -0.1) is 0 Å². The topological polar surface area (TPSA) is 42.0 Å². The molecule has 0 heterocycles. The van der Waals surface area contributed by atoms with Crippen molar-refractivity contribution in [1.82, 2.24) is 9.80 Å². The molecule has 0 aliphatic heterocycles. The highest BCUT2D eigenvalue weighted by Gasteiger charge is 2.14. The minimum absolute atomic E-state index is 0.291. The summed E-state index contributed by atoms with van der Waals surface area (Å²) in [5, 5.41) is 0. The van der Waals surface area contributed by atoms with Crippen LogP contribution in [-0.2, 0) is 14.3 Å². The SMILES string of the molecule is CC(OCCN(C)C)C(=O)OCCN(C)C. The van der Waals surface area contributed by atoms with Gasteiger partial charge >= 0.3 is 5.97 Å². The largest absolute Gasteiger partial charge is 0.462 e. The van der Waals surface area contributed by atoms with E-state index in [2.05, 4.69) is 0 Å². The molecule has 0 aliphatic rings. The lowest BCUT2D eigenvalue weighted by atomic mass is 10.4. The molecule has 0 radical (unpaired) electrons. The minimum Gasteiger partial charge on any atom is -0.462 e. The van der Waals surface area contributed by atoms with Crippen molar-refractivity contribution in [3.63, 3.8) is 0 Å². The summed E-state index contributed by atoms with van der Waals surface area (Å²) in [5.74, 6) is -0.291. The van der Waals surface area contributed by atoms with Crippen LogP contribution in [0.25, 0.3) is 0 Å². The van der Waals surface area contributed by atoms with E-state index < -0.39 is 6.10 Å². The maximum absolute atomic E-state index is 11.4. The van der Waals surface area contributed by atoms with Gasteiger partial charge in [0.15, 0.2) is 6.10 Å². The van der Waals surface area contributed by atoms with Crippen LogP contribution >= 0.6 is 0 Å². The molecule has 0 aromatic heterocycles. The van der Waals surface area contributed by atoms with Crippen LogP contribution in [0.15, 0.2) is 0 Å². The number of esters is 1. The fourth-order valence-electron chi connectivity index (χ4n) is 0.926. The van der Waals surface area contributed by atoms with Crippen molar-refractivity contribution in [2.24, 2.45) is 0 Å². The van der Waals surface area contributed by atoms with Gasteiger partial charge in [-0.1, -0.05) is 0 Å². The van der Waals surface area contributed by atoms with Crippen molar-refractivity contribution in [2.75, 3.05) is 54.5 Å². The molecule has 0 aliphatic carbocycles. The Labute approximate surface area is 98.3 Å². The summed E-state index contributed by atoms with van der Waals surface area (Å²) in [6.45, 7) is 4.20. The Morgan fingerprint density at radius 1 is 1.06 bits per heavy atom. The fourth-order valence-corrected chi connectivity index (χ4v) is 0.926. The molecule has 1 unspecified atom stereocenters. The Kier molecular flexibility index (Phi) is 8.15. The Morgan fingerprint density at radius 2 is 1.56 bits per heavy atom. The predicted molar refractivity (Wildman–Crippen MR) is 63.5 cm³/mol. The van der Waals surface area contributed by atoms with Crippen molar-refractivity contribution >= 4 is 5.97 Å². The Morgan fingerprint density at radius 3 is 2.06 bits per heavy atom. The Balaban J connectivity index is 3.57. The molecule has 5 heteroatoms. The fraction of sp³-hybridized carbons (Fsp3) is 0.909. The number of hydrogen-bond acceptors (Lipinski definition) is 5. The van der Waals surface area contributed by atoms with E-state index in [1.54, 1.807) is 6.92 Å². The Bertz CT molecular complexity index is 196. The molecule has 0 N–H and O–H groups in total. The number of carbonyl (C=O) groups excluding carboxylic acids is 1. The first-order valence-electron chi connectivity index (χ1n) is 5.51. The normalized spacial score (nSPS) is 13.2. The molecular formula is C11H24N2O3. The standard InChI is InChI=1S/C11H24N2O3/c1-10(15-8-6-12(2)3)11(14)16-9-7-13(4)5/h10H,6-9H2,1-5H3. The molecule has 0 spiro atoms. The molecule has 0 fully saturated rings. The second-order valence-corrected chi connectivity index (χ2v) is 4.29. The average Bonchev–Trinajstić information content (AvgIpc) is 2.16. The van der Waals surface area contributed by atoms with Gasteiger partial charge in [0.05, 0.1) is 6.61 Å². The van der Waals surface area contributed by atoms with Crippen LogP contribution in [0.2, 0.25) is 0 Å². The number of likely N-dealkylation sites (N-methyl/N-ethyl adjacent to an activating group) is 2. The van der Waals surface area contributed by atoms with E-state index in [1.807, 2.05) is 38.0 Å². The van der Waals surface area contributed by atoms with E-state index in [9.17, 15) is 4.79 Å². The highest BCUT2D eigenvalue weighted by Crippen LogP contribution is 1.95. The van der Waals surface area contributed by atoms with Crippen molar-refractivity contribution in [1.29, 1.82) is 0 Å². The molecule has 0 aromatic carbocycles. The molecule has 0 rings (SSSR count). The molecule has 96 valence electrons. The molecule has 16 heavy (non-hydrogen) atoms. The van der Waals surface area contributed by atoms with Crippen LogP contribution in [0, 0.1) is 0 Å². The van der Waals surface area contributed by atoms with Gasteiger partial charge in [0.1, 0.15) is 6.61 Å². The second kappa shape index (κ2) is 8.50. The van der Waals surface area contributed by atoms with Crippen molar-refractivity contribution in [3.8, 4) is 0 Å². The molecule has 5 nitrogen and oxygen atoms in total. The van der Waals surface area contributed by atoms with Gasteiger partial charge in [0, 0.05) is 13.1 Å². The zero-order chi connectivity index (χ0) is 12.6. The summed E-state index contributed by atoms with van der Waals surface area (Å²) in [6.07, 6.45) is -0.484. The summed E-state index contributed by atoms with van der Waals surface area (Å²) in [6, 6.07) is 0. The van der Waals surface area contributed by atoms with Gasteiger partial charge in [-0.05, 0) is 35.1 Å². The molecule has 0 amide bonds. The number of hydrogen-bond donors (Lipinski definition) is 0. The van der Waals surface area contributed by atoms with Crippen LogP contribution in [-0.4, -0.2) is 76.4 Å². The monoisotopic (exact) mass is 232 g/mol. The lowest BCUT2D eigenvalue weighted by molar-refractivity contribution is -0.156. The molecule has 0 saturated heterocycles. The number of ether oxygens (including phenoxy) is 2. The van der Waals surface area contributed by atoms with Gasteiger partial charge < -0.3 is 19.3 Å². The summed E-state index contributed by atoms with van der Waals surface area (Å²) in [4.78, 5) is 15.4. The highest BCUT2D eigenvalue weighted by atomic mass is 16.6. The minimum atomic E-state index is -0.484. The first kappa shape index (κ1) is 15.3. The van der Waals surface area contributed by atoms with Crippen LogP contribution in [0.3, 0.4) is 0 Å². The maximum Gasteiger partial charge on any atom is 0.334 e. The third-order valence-corrected chi connectivity index (χ3v) is 2.02. The molecule has 0 bridgehead atoms. The predicted octanol–water partition coefficient (Wildman–Crippen LogP) is 0.0579. The van der Waals surface area contributed by atoms with Crippen LogP contribution < -0.4 is 0 Å². The Hall–Kier alpha value is -0.650. The summed E-state index contributed by atoms with van der Waals surface area (Å²) in [5.41, 5.74) is 0. The van der Waals surface area contributed by atoms with Crippen molar-refractivity contribution in [3.05, 3.63) is 0 Å². The molecule has 1 atom stereocenters. The molecule has 0 aromatic rings. The summed E-state index contributed by atoms with van der Waals surface area (Å²) >= 11 is 0. The molecule has 0 saturated carbocycles. The third-order valence-electron chi connectivity index (χ3n) is 2.02. The summed E-state index contributed by atoms with van der Waals surface area (Å²) in [7, 11) is 7.79. The lowest BCUT2D eigenvalue weighted by Gasteiger charge is -2.15. The van der Waals surface area contributed by atoms with Gasteiger partial charge in [0.25, 0.3) is 0 Å². The van der Waals surface area contributed by atoms with Crippen molar-refractivity contribution in [2.45, 2.75) is 13.0 Å². The quantitative estimate of drug-likeness (QED) is 0.554. The van der Waals surface area contributed by atoms with E-state index in [0.717, 1.165) is 13.1 Å². The van der Waals surface area contributed by atoms with E-state index >= 15 is 0 Å². The van der Waals surface area contributed by atoms with Crippen LogP contribution in [0.4, 0.5) is 0 Å². The maximum atomic E-state index is 11.4. The zero-order valence-electron chi connectivity index (χ0n) is 11.0. The highest BCUT2D eigenvalue weighted by molar-refractivity contribution is 5.74. The van der Waals surface area contributed by atoms with E-state index in [4.69, 9.17) is 9.47 Å². The first-order valence-corrected chi connectivity index (χ1v) is 5.51. The average molecular weight is 232 g/mol. The number of carbonyl (C=O) groups is 1. The van der Waals surface area contributed by atoms with Crippen LogP contribution in [0.5, 0.6) is 0 Å². The number of rotatable bonds is 8. The summed E-state index contributed by atoms with van der Waals surface area (Å²) < 4.78 is 10.4. The van der Waals surface area contributed by atoms with Gasteiger partial charge in [0.2, 0.25) is 0 Å². The van der Waals surface area contributed by atoms with E-state index in [1.165, 1.54) is 0 Å². The van der Waals surface area contributed by atoms with Gasteiger partial charge in [-0.2, -0.15) is 0 Å². The molecular weight excluding hydrogens is 208 g/mol. The van der Waals surface area contributed by atoms with Crippen LogP contribution in [0.1, 0.15) is 6.92 Å². The number of nitrogens with zero attached hydrogens (tertiary/aromatic N) is 2. The third kappa shape index (κ3) is 8.64. The van der Waals surface area contributed by atoms with E-state index in [-0.39, 0.29) is 5.97 Å².